The summed E-state index contributed by atoms with van der Waals surface area (Å²) in [6, 6.07) is 23.9. The van der Waals surface area contributed by atoms with Gasteiger partial charge < -0.3 is 20.4 Å². The quantitative estimate of drug-likeness (QED) is 0.241. The topological polar surface area (TPSA) is 79.0 Å². The number of H-pyrrole nitrogens is 1. The molecule has 1 aliphatic rings. The highest BCUT2D eigenvalue weighted by atomic mass is 16.5. The molecule has 5 rings (SSSR count). The number of aromatic amines is 1. The van der Waals surface area contributed by atoms with E-state index in [-0.39, 0.29) is 11.8 Å². The lowest BCUT2D eigenvalue weighted by molar-refractivity contribution is -0.120. The van der Waals surface area contributed by atoms with Crippen LogP contribution in [0.4, 0.5) is 17.1 Å². The minimum Gasteiger partial charge on any atom is -0.497 e. The highest BCUT2D eigenvalue weighted by Crippen LogP contribution is 2.27. The van der Waals surface area contributed by atoms with Crippen LogP contribution in [0.1, 0.15) is 38.5 Å². The van der Waals surface area contributed by atoms with Gasteiger partial charge in [-0.15, -0.1) is 0 Å². The van der Waals surface area contributed by atoms with Gasteiger partial charge in [-0.25, -0.2) is 4.98 Å². The zero-order chi connectivity index (χ0) is 24.7. The number of aromatic nitrogens is 2. The highest BCUT2D eigenvalue weighted by Gasteiger charge is 2.20. The molecule has 184 valence electrons. The van der Waals surface area contributed by atoms with Crippen LogP contribution < -0.4 is 15.4 Å². The van der Waals surface area contributed by atoms with Gasteiger partial charge >= 0.3 is 0 Å². The third-order valence-corrected chi connectivity index (χ3v) is 6.80. The Morgan fingerprint density at radius 2 is 1.39 bits per heavy atom. The smallest absolute Gasteiger partial charge is 0.227 e. The average Bonchev–Trinajstić information content (AvgIpc) is 3.25. The molecule has 1 fully saturated rings. The van der Waals surface area contributed by atoms with E-state index < -0.39 is 0 Å². The molecule has 1 amide bonds. The van der Waals surface area contributed by atoms with Crippen molar-refractivity contribution >= 4 is 23.0 Å². The summed E-state index contributed by atoms with van der Waals surface area (Å²) in [6.07, 6.45) is 8.64. The third-order valence-electron chi connectivity index (χ3n) is 6.80. The van der Waals surface area contributed by atoms with Crippen molar-refractivity contribution < 1.29 is 9.53 Å². The summed E-state index contributed by atoms with van der Waals surface area (Å²) in [6.45, 7) is 0. The van der Waals surface area contributed by atoms with Gasteiger partial charge in [-0.1, -0.05) is 37.8 Å². The van der Waals surface area contributed by atoms with Gasteiger partial charge in [0.2, 0.25) is 5.91 Å². The van der Waals surface area contributed by atoms with Crippen molar-refractivity contribution in [3.8, 4) is 28.4 Å². The van der Waals surface area contributed by atoms with E-state index in [0.717, 1.165) is 71.1 Å². The number of carbonyl (C=O) groups is 1. The molecule has 1 heterocycles. The van der Waals surface area contributed by atoms with Crippen molar-refractivity contribution in [3.05, 3.63) is 79.0 Å². The van der Waals surface area contributed by atoms with E-state index in [1.807, 2.05) is 79.0 Å². The molecule has 0 atom stereocenters. The maximum Gasteiger partial charge on any atom is 0.227 e. The molecule has 6 nitrogen and oxygen atoms in total. The number of ether oxygens (including phenoxy) is 1. The Labute approximate surface area is 212 Å². The van der Waals surface area contributed by atoms with Crippen LogP contribution in [-0.2, 0) is 4.79 Å². The number of hydrogen-bond acceptors (Lipinski definition) is 4. The van der Waals surface area contributed by atoms with Crippen LogP contribution in [0.25, 0.3) is 22.6 Å². The van der Waals surface area contributed by atoms with Crippen molar-refractivity contribution in [2.24, 2.45) is 5.92 Å². The van der Waals surface area contributed by atoms with Crippen LogP contribution in [-0.4, -0.2) is 23.0 Å². The van der Waals surface area contributed by atoms with Gasteiger partial charge in [0.25, 0.3) is 0 Å². The van der Waals surface area contributed by atoms with E-state index in [4.69, 9.17) is 4.74 Å². The van der Waals surface area contributed by atoms with E-state index in [0.29, 0.717) is 0 Å². The molecule has 3 aromatic carbocycles. The van der Waals surface area contributed by atoms with E-state index >= 15 is 0 Å². The van der Waals surface area contributed by atoms with Gasteiger partial charge in [0.05, 0.1) is 19.0 Å². The van der Waals surface area contributed by atoms with Gasteiger partial charge in [-0.3, -0.25) is 4.79 Å². The van der Waals surface area contributed by atoms with E-state index in [2.05, 4.69) is 20.6 Å². The first-order chi connectivity index (χ1) is 17.7. The predicted molar refractivity (Wildman–Crippen MR) is 146 cm³/mol. The van der Waals surface area contributed by atoms with Gasteiger partial charge in [0.1, 0.15) is 11.6 Å². The van der Waals surface area contributed by atoms with Crippen molar-refractivity contribution in [1.29, 1.82) is 0 Å². The van der Waals surface area contributed by atoms with Crippen LogP contribution in [0.15, 0.2) is 79.0 Å². The second kappa shape index (κ2) is 11.1. The molecule has 36 heavy (non-hydrogen) atoms. The Hall–Kier alpha value is -4.06. The summed E-state index contributed by atoms with van der Waals surface area (Å²) >= 11 is 0. The molecule has 1 saturated carbocycles. The van der Waals surface area contributed by atoms with Crippen LogP contribution in [0, 0.1) is 5.92 Å². The Morgan fingerprint density at radius 1 is 0.806 bits per heavy atom. The monoisotopic (exact) mass is 480 g/mol. The van der Waals surface area contributed by atoms with Crippen LogP contribution in [0.2, 0.25) is 0 Å². The molecule has 1 aliphatic carbocycles. The maximum absolute atomic E-state index is 12.7. The maximum atomic E-state index is 12.7. The second-order valence-electron chi connectivity index (χ2n) is 9.33. The fourth-order valence-electron chi connectivity index (χ4n) is 4.69. The molecule has 0 unspecified atom stereocenters. The summed E-state index contributed by atoms with van der Waals surface area (Å²) in [5.74, 6) is 1.93. The Kier molecular flexibility index (Phi) is 7.31. The summed E-state index contributed by atoms with van der Waals surface area (Å²) in [4.78, 5) is 20.6. The zero-order valence-corrected chi connectivity index (χ0v) is 20.6. The summed E-state index contributed by atoms with van der Waals surface area (Å²) < 4.78 is 5.21. The fraction of sp³-hybridized carbons (Fsp3) is 0.267. The first-order valence-corrected chi connectivity index (χ1v) is 12.7. The van der Waals surface area contributed by atoms with Crippen LogP contribution >= 0.6 is 0 Å². The lowest BCUT2D eigenvalue weighted by Gasteiger charge is -2.14. The number of benzene rings is 3. The number of amides is 1. The van der Waals surface area contributed by atoms with Crippen molar-refractivity contribution in [1.82, 2.24) is 9.97 Å². The number of carbonyl (C=O) groups excluding carboxylic acids is 1. The number of rotatable bonds is 7. The van der Waals surface area contributed by atoms with Crippen LogP contribution in [0.5, 0.6) is 5.75 Å². The van der Waals surface area contributed by atoms with Gasteiger partial charge in [-0.2, -0.15) is 0 Å². The van der Waals surface area contributed by atoms with E-state index in [9.17, 15) is 4.79 Å². The molecule has 0 aliphatic heterocycles. The molecule has 0 spiro atoms. The van der Waals surface area contributed by atoms with E-state index in [1.54, 1.807) is 7.11 Å². The molecule has 4 aromatic rings. The fourth-order valence-corrected chi connectivity index (χ4v) is 4.69. The highest BCUT2D eigenvalue weighted by molar-refractivity contribution is 5.92. The molecule has 3 N–H and O–H groups in total. The largest absolute Gasteiger partial charge is 0.497 e. The second-order valence-corrected chi connectivity index (χ2v) is 9.33. The molecular weight excluding hydrogens is 448 g/mol. The molecule has 0 saturated heterocycles. The van der Waals surface area contributed by atoms with Gasteiger partial charge in [0, 0.05) is 28.5 Å². The minimum absolute atomic E-state index is 0.139. The Bertz CT molecular complexity index is 1270. The number of hydrogen-bond donors (Lipinski definition) is 3. The summed E-state index contributed by atoms with van der Waals surface area (Å²) in [5, 5.41) is 6.49. The molecule has 6 heteroatoms. The third kappa shape index (κ3) is 5.77. The van der Waals surface area contributed by atoms with Crippen molar-refractivity contribution in [2.75, 3.05) is 17.7 Å². The van der Waals surface area contributed by atoms with E-state index in [1.165, 1.54) is 12.8 Å². The first kappa shape index (κ1) is 23.7. The normalized spacial score (nSPS) is 14.1. The number of methoxy groups -OCH3 is 1. The number of anilines is 3. The Morgan fingerprint density at radius 3 is 2.03 bits per heavy atom. The first-order valence-electron chi connectivity index (χ1n) is 12.7. The minimum atomic E-state index is 0.139. The van der Waals surface area contributed by atoms with Crippen molar-refractivity contribution in [2.45, 2.75) is 38.5 Å². The number of nitrogens with zero attached hydrogens (tertiary/aromatic N) is 1. The number of nitrogens with one attached hydrogen (secondary N) is 3. The summed E-state index contributed by atoms with van der Waals surface area (Å²) in [5.41, 5.74) is 5.81. The molecular formula is C30H32N4O2. The average molecular weight is 481 g/mol. The summed E-state index contributed by atoms with van der Waals surface area (Å²) in [7, 11) is 1.66. The SMILES string of the molecule is COc1ccc(Nc2ccc(-c3ncc(-c4ccc(NC(=O)C5CCCCCC5)cc4)[nH]3)cc2)cc1. The molecule has 1 aromatic heterocycles. The van der Waals surface area contributed by atoms with Crippen molar-refractivity contribution in [3.63, 3.8) is 0 Å². The molecule has 0 radical (unpaired) electrons. The lowest BCUT2D eigenvalue weighted by atomic mass is 9.99. The molecule has 0 bridgehead atoms. The predicted octanol–water partition coefficient (Wildman–Crippen LogP) is 7.40. The Balaban J connectivity index is 1.21. The number of imidazole rings is 1. The van der Waals surface area contributed by atoms with Gasteiger partial charge in [-0.05, 0) is 79.1 Å². The van der Waals surface area contributed by atoms with Gasteiger partial charge in [0.15, 0.2) is 0 Å². The lowest BCUT2D eigenvalue weighted by Crippen LogP contribution is -2.22. The zero-order valence-electron chi connectivity index (χ0n) is 20.6. The van der Waals surface area contributed by atoms with Crippen LogP contribution in [0.3, 0.4) is 0 Å². The standard InChI is InChI=1S/C30H32N4O2/c1-36-27-18-16-25(17-19-27)32-24-14-10-22(11-15-24)29-31-20-28(34-29)21-8-12-26(13-9-21)33-30(35)23-6-4-2-3-5-7-23/h8-20,23,32H,2-7H2,1H3,(H,31,34)(H,33,35).